The lowest BCUT2D eigenvalue weighted by Crippen LogP contribution is -2.36. The second-order valence-electron chi connectivity index (χ2n) is 6.05. The summed E-state index contributed by atoms with van der Waals surface area (Å²) in [6.45, 7) is 1.01. The Morgan fingerprint density at radius 3 is 2.45 bits per heavy atom. The van der Waals surface area contributed by atoms with Gasteiger partial charge in [0.15, 0.2) is 0 Å². The number of esters is 1. The van der Waals surface area contributed by atoms with E-state index in [0.717, 1.165) is 31.4 Å². The van der Waals surface area contributed by atoms with E-state index in [1.807, 2.05) is 0 Å². The van der Waals surface area contributed by atoms with Crippen molar-refractivity contribution in [2.24, 2.45) is 0 Å². The number of benzene rings is 2. The van der Waals surface area contributed by atoms with Crippen molar-refractivity contribution in [2.45, 2.75) is 12.2 Å². The summed E-state index contributed by atoms with van der Waals surface area (Å²) in [5.74, 6) is -4.74. The van der Waals surface area contributed by atoms with Gasteiger partial charge in [0.05, 0.1) is 12.4 Å². The van der Waals surface area contributed by atoms with Gasteiger partial charge in [-0.05, 0) is 48.5 Å². The zero-order valence-electron chi connectivity index (χ0n) is 16.3. The van der Waals surface area contributed by atoms with E-state index < -0.39 is 45.6 Å². The molecule has 0 radical (unpaired) electrons. The molecule has 2 aromatic carbocycles. The van der Waals surface area contributed by atoms with Crippen molar-refractivity contribution >= 4 is 34.9 Å². The van der Waals surface area contributed by atoms with E-state index in [4.69, 9.17) is 4.74 Å². The van der Waals surface area contributed by atoms with Gasteiger partial charge in [-0.3, -0.25) is 9.59 Å². The molecule has 8 nitrogen and oxygen atoms in total. The number of methoxy groups -OCH3 is 1. The molecule has 0 heterocycles. The molecule has 0 aliphatic rings. The minimum atomic E-state index is -1.44. The summed E-state index contributed by atoms with van der Waals surface area (Å²) in [6.07, 6.45) is 0. The van der Waals surface area contributed by atoms with Gasteiger partial charge in [0.25, 0.3) is 0 Å². The van der Waals surface area contributed by atoms with Crippen molar-refractivity contribution in [1.29, 1.82) is 0 Å². The van der Waals surface area contributed by atoms with E-state index in [1.54, 1.807) is 0 Å². The van der Waals surface area contributed by atoms with Gasteiger partial charge in [-0.15, -0.1) is 0 Å². The van der Waals surface area contributed by atoms with Crippen LogP contribution in [0.2, 0.25) is 0 Å². The number of thioether (sulfide) groups is 1. The van der Waals surface area contributed by atoms with Crippen LogP contribution in [-0.2, 0) is 14.3 Å². The van der Waals surface area contributed by atoms with Crippen LogP contribution < -0.4 is 10.1 Å². The number of carbonyl (C=O) groups is 4. The minimum absolute atomic E-state index is 0.0351. The van der Waals surface area contributed by atoms with E-state index in [0.29, 0.717) is 17.8 Å². The molecule has 11 heteroatoms. The number of rotatable bonds is 7. The van der Waals surface area contributed by atoms with E-state index >= 15 is 0 Å². The van der Waals surface area contributed by atoms with Crippen LogP contribution in [0, 0.1) is 11.6 Å². The maximum Gasteiger partial charge on any atom is 0.373 e. The molecule has 2 N–H and O–H groups in total. The molecule has 31 heavy (non-hydrogen) atoms. The van der Waals surface area contributed by atoms with Crippen LogP contribution in [0.4, 0.5) is 13.6 Å². The minimum Gasteiger partial charge on any atom is -0.478 e. The van der Waals surface area contributed by atoms with Gasteiger partial charge in [-0.25, -0.2) is 18.4 Å². The highest BCUT2D eigenvalue weighted by Crippen LogP contribution is 2.30. The Hall–Kier alpha value is -3.47. The fraction of sp³-hybridized carbons (Fsp3) is 0.200. The summed E-state index contributed by atoms with van der Waals surface area (Å²) in [4.78, 5) is 46.6. The van der Waals surface area contributed by atoms with Crippen LogP contribution in [0.3, 0.4) is 0 Å². The van der Waals surface area contributed by atoms with Gasteiger partial charge >= 0.3 is 17.2 Å². The van der Waals surface area contributed by atoms with Gasteiger partial charge in [0, 0.05) is 11.6 Å². The van der Waals surface area contributed by atoms with Gasteiger partial charge < -0.3 is 19.9 Å². The van der Waals surface area contributed by atoms with E-state index in [-0.39, 0.29) is 23.4 Å². The standard InChI is InChI=1S/C20H17F2NO7S/c1-10(18(25)23-9-17(24)29-2)31-20(28)30-16-6-3-11(7-14(16)19(26)27)13-5-4-12(21)8-15(13)22/h3-8,10H,9H2,1-2H3,(H,23,25)(H,26,27). The number of hydrogen-bond acceptors (Lipinski definition) is 7. The molecule has 1 atom stereocenters. The second-order valence-corrected chi connectivity index (χ2v) is 7.32. The molecule has 2 aromatic rings. The molecule has 0 aliphatic heterocycles. The molecule has 0 spiro atoms. The summed E-state index contributed by atoms with van der Waals surface area (Å²) < 4.78 is 36.5. The number of halogens is 2. The highest BCUT2D eigenvalue weighted by atomic mass is 32.2. The molecule has 164 valence electrons. The first kappa shape index (κ1) is 23.8. The number of aromatic carboxylic acids is 1. The summed E-state index contributed by atoms with van der Waals surface area (Å²) in [5.41, 5.74) is -0.331. The average molecular weight is 453 g/mol. The number of amides is 1. The Morgan fingerprint density at radius 2 is 1.84 bits per heavy atom. The van der Waals surface area contributed by atoms with Crippen LogP contribution in [0.1, 0.15) is 17.3 Å². The molecule has 0 fully saturated rings. The Kier molecular flexibility index (Phi) is 8.08. The molecule has 0 bridgehead atoms. The van der Waals surface area contributed by atoms with Crippen molar-refractivity contribution in [1.82, 2.24) is 5.32 Å². The smallest absolute Gasteiger partial charge is 0.373 e. The number of carboxylic acids is 1. The first-order valence-corrected chi connectivity index (χ1v) is 9.56. The fourth-order valence-corrected chi connectivity index (χ4v) is 2.98. The third-order valence-electron chi connectivity index (χ3n) is 3.92. The summed E-state index contributed by atoms with van der Waals surface area (Å²) >= 11 is 0.467. The number of hydrogen-bond donors (Lipinski definition) is 2. The lowest BCUT2D eigenvalue weighted by Gasteiger charge is -2.12. The molecule has 0 aromatic heterocycles. The normalized spacial score (nSPS) is 11.4. The topological polar surface area (TPSA) is 119 Å². The number of nitrogens with one attached hydrogen (secondary N) is 1. The van der Waals surface area contributed by atoms with Crippen molar-refractivity contribution < 1.29 is 42.5 Å². The Balaban J connectivity index is 2.13. The lowest BCUT2D eigenvalue weighted by atomic mass is 10.0. The largest absolute Gasteiger partial charge is 0.478 e. The van der Waals surface area contributed by atoms with Gasteiger partial charge in [-0.2, -0.15) is 0 Å². The third-order valence-corrected chi connectivity index (χ3v) is 4.77. The van der Waals surface area contributed by atoms with Gasteiger partial charge in [0.1, 0.15) is 29.5 Å². The molecule has 0 saturated carbocycles. The first-order chi connectivity index (χ1) is 14.6. The van der Waals surface area contributed by atoms with Crippen LogP contribution in [0.25, 0.3) is 11.1 Å². The monoisotopic (exact) mass is 453 g/mol. The zero-order valence-corrected chi connectivity index (χ0v) is 17.1. The predicted molar refractivity (Wildman–Crippen MR) is 107 cm³/mol. The Morgan fingerprint density at radius 1 is 1.13 bits per heavy atom. The molecule has 1 amide bonds. The third kappa shape index (κ3) is 6.51. The van der Waals surface area contributed by atoms with E-state index in [9.17, 15) is 33.1 Å². The van der Waals surface area contributed by atoms with Crippen LogP contribution in [0.15, 0.2) is 36.4 Å². The lowest BCUT2D eigenvalue weighted by molar-refractivity contribution is -0.141. The maximum absolute atomic E-state index is 14.0. The fourth-order valence-electron chi connectivity index (χ4n) is 2.36. The first-order valence-electron chi connectivity index (χ1n) is 8.68. The highest BCUT2D eigenvalue weighted by Gasteiger charge is 2.22. The van der Waals surface area contributed by atoms with E-state index in [1.165, 1.54) is 13.0 Å². The Bertz CT molecular complexity index is 1030. The number of carboxylic acid groups (broad SMARTS) is 1. The van der Waals surface area contributed by atoms with Crippen molar-refractivity contribution in [3.05, 3.63) is 53.6 Å². The average Bonchev–Trinajstić information content (AvgIpc) is 2.71. The molecule has 0 saturated heterocycles. The molecule has 2 rings (SSSR count). The van der Waals surface area contributed by atoms with Crippen LogP contribution >= 0.6 is 11.8 Å². The van der Waals surface area contributed by atoms with E-state index in [2.05, 4.69) is 10.1 Å². The number of carbonyl (C=O) groups excluding carboxylic acids is 3. The van der Waals surface area contributed by atoms with Crippen molar-refractivity contribution in [2.75, 3.05) is 13.7 Å². The molecule has 1 unspecified atom stereocenters. The van der Waals surface area contributed by atoms with Gasteiger partial charge in [0.2, 0.25) is 5.91 Å². The molecule has 0 aliphatic carbocycles. The summed E-state index contributed by atoms with van der Waals surface area (Å²) in [6, 6.07) is 6.38. The maximum atomic E-state index is 14.0. The predicted octanol–water partition coefficient (Wildman–Crippen LogP) is 3.24. The van der Waals surface area contributed by atoms with Crippen molar-refractivity contribution in [3.8, 4) is 16.9 Å². The molecular weight excluding hydrogens is 436 g/mol. The quantitative estimate of drug-likeness (QED) is 0.614. The van der Waals surface area contributed by atoms with Crippen molar-refractivity contribution in [3.63, 3.8) is 0 Å². The molecular formula is C20H17F2NO7S. The zero-order chi connectivity index (χ0) is 23.1. The number of ether oxygens (including phenoxy) is 2. The summed E-state index contributed by atoms with van der Waals surface area (Å²) in [5, 5.41) is 9.77. The van der Waals surface area contributed by atoms with Crippen LogP contribution in [0.5, 0.6) is 5.75 Å². The van der Waals surface area contributed by atoms with Gasteiger partial charge in [-0.1, -0.05) is 6.07 Å². The SMILES string of the molecule is COC(=O)CNC(=O)C(C)SC(=O)Oc1ccc(-c2ccc(F)cc2F)cc1C(=O)O. The Labute approximate surface area is 179 Å². The highest BCUT2D eigenvalue weighted by molar-refractivity contribution is 8.14. The van der Waals surface area contributed by atoms with Crippen LogP contribution in [-0.4, -0.2) is 47.2 Å². The second kappa shape index (κ2) is 10.5. The summed E-state index contributed by atoms with van der Waals surface area (Å²) in [7, 11) is 1.15.